The SMILES string of the molecule is O=C(c1cc(C2CC2)on1)N1CC[C@H](S(=O)(=O)c2ccccc2)C1. The Labute approximate surface area is 140 Å². The van der Waals surface area contributed by atoms with Crippen LogP contribution in [0.15, 0.2) is 45.8 Å². The molecule has 1 aliphatic carbocycles. The summed E-state index contributed by atoms with van der Waals surface area (Å²) in [6.07, 6.45) is 2.59. The Balaban J connectivity index is 1.48. The van der Waals surface area contributed by atoms with Gasteiger partial charge in [0, 0.05) is 25.1 Å². The molecule has 0 bridgehead atoms. The number of hydrogen-bond acceptors (Lipinski definition) is 5. The standard InChI is InChI=1S/C17H18N2O4S/c20-17(15-10-16(23-18-15)12-6-7-12)19-9-8-14(11-19)24(21,22)13-4-2-1-3-5-13/h1-5,10,12,14H,6-9,11H2/t14-/m0/s1. The van der Waals surface area contributed by atoms with Gasteiger partial charge in [-0.05, 0) is 31.4 Å². The molecule has 1 aromatic heterocycles. The Morgan fingerprint density at radius 2 is 1.92 bits per heavy atom. The van der Waals surface area contributed by atoms with Crippen LogP contribution in [0.2, 0.25) is 0 Å². The maximum Gasteiger partial charge on any atom is 0.276 e. The second-order valence-electron chi connectivity index (χ2n) is 6.41. The van der Waals surface area contributed by atoms with Crippen molar-refractivity contribution in [3.63, 3.8) is 0 Å². The maximum atomic E-state index is 12.7. The van der Waals surface area contributed by atoms with Gasteiger partial charge in [-0.15, -0.1) is 0 Å². The number of hydrogen-bond donors (Lipinski definition) is 0. The summed E-state index contributed by atoms with van der Waals surface area (Å²) >= 11 is 0. The minimum Gasteiger partial charge on any atom is -0.360 e. The molecule has 1 aliphatic heterocycles. The second kappa shape index (κ2) is 5.73. The van der Waals surface area contributed by atoms with E-state index in [1.807, 2.05) is 0 Å². The molecule has 4 rings (SSSR count). The maximum absolute atomic E-state index is 12.7. The molecular weight excluding hydrogens is 328 g/mol. The minimum absolute atomic E-state index is 0.196. The average Bonchev–Trinajstić information content (AvgIpc) is 3.14. The van der Waals surface area contributed by atoms with E-state index in [4.69, 9.17) is 4.52 Å². The number of rotatable bonds is 4. The molecular formula is C17H18N2O4S. The molecule has 2 aromatic rings. The van der Waals surface area contributed by atoms with Gasteiger partial charge in [0.25, 0.3) is 5.91 Å². The Hall–Kier alpha value is -2.15. The summed E-state index contributed by atoms with van der Waals surface area (Å²) < 4.78 is 30.6. The highest BCUT2D eigenvalue weighted by Crippen LogP contribution is 2.40. The van der Waals surface area contributed by atoms with Gasteiger partial charge in [-0.1, -0.05) is 23.4 Å². The summed E-state index contributed by atoms with van der Waals surface area (Å²) in [5.41, 5.74) is 0.273. The highest BCUT2D eigenvalue weighted by atomic mass is 32.2. The van der Waals surface area contributed by atoms with Crippen molar-refractivity contribution in [1.82, 2.24) is 10.1 Å². The van der Waals surface area contributed by atoms with E-state index in [0.29, 0.717) is 23.8 Å². The van der Waals surface area contributed by atoms with Crippen molar-refractivity contribution in [1.29, 1.82) is 0 Å². The first-order valence-electron chi connectivity index (χ1n) is 8.10. The molecule has 7 heteroatoms. The van der Waals surface area contributed by atoms with Crippen molar-refractivity contribution in [3.8, 4) is 0 Å². The van der Waals surface area contributed by atoms with Crippen LogP contribution in [-0.2, 0) is 9.84 Å². The molecule has 6 nitrogen and oxygen atoms in total. The van der Waals surface area contributed by atoms with Crippen molar-refractivity contribution in [2.24, 2.45) is 0 Å². The average molecular weight is 346 g/mol. The normalized spacial score (nSPS) is 21.2. The summed E-state index contributed by atoms with van der Waals surface area (Å²) in [7, 11) is -3.42. The van der Waals surface area contributed by atoms with Gasteiger partial charge in [-0.2, -0.15) is 0 Å². The number of sulfone groups is 1. The molecule has 1 saturated carbocycles. The van der Waals surface area contributed by atoms with Crippen LogP contribution in [-0.4, -0.2) is 42.7 Å². The number of likely N-dealkylation sites (tertiary alicyclic amines) is 1. The number of carbonyl (C=O) groups is 1. The Morgan fingerprint density at radius 1 is 1.17 bits per heavy atom. The first-order chi connectivity index (χ1) is 11.6. The summed E-state index contributed by atoms with van der Waals surface area (Å²) in [6, 6.07) is 10.1. The third-order valence-corrected chi connectivity index (χ3v) is 6.86. The van der Waals surface area contributed by atoms with E-state index < -0.39 is 15.1 Å². The molecule has 24 heavy (non-hydrogen) atoms. The largest absolute Gasteiger partial charge is 0.360 e. The van der Waals surface area contributed by atoms with Gasteiger partial charge in [-0.25, -0.2) is 8.42 Å². The minimum atomic E-state index is -3.42. The van der Waals surface area contributed by atoms with Gasteiger partial charge < -0.3 is 9.42 Å². The van der Waals surface area contributed by atoms with Gasteiger partial charge in [0.05, 0.1) is 10.1 Å². The summed E-state index contributed by atoms with van der Waals surface area (Å²) in [5.74, 6) is 0.895. The zero-order chi connectivity index (χ0) is 16.7. The van der Waals surface area contributed by atoms with E-state index in [9.17, 15) is 13.2 Å². The molecule has 2 heterocycles. The van der Waals surface area contributed by atoms with Crippen molar-refractivity contribution in [2.75, 3.05) is 13.1 Å². The van der Waals surface area contributed by atoms with Crippen LogP contribution in [0.25, 0.3) is 0 Å². The molecule has 2 aliphatic rings. The molecule has 0 spiro atoms. The van der Waals surface area contributed by atoms with E-state index >= 15 is 0 Å². The molecule has 126 valence electrons. The fourth-order valence-electron chi connectivity index (χ4n) is 3.08. The van der Waals surface area contributed by atoms with Crippen molar-refractivity contribution in [2.45, 2.75) is 35.3 Å². The van der Waals surface area contributed by atoms with Gasteiger partial charge in [0.1, 0.15) is 5.76 Å². The van der Waals surface area contributed by atoms with E-state index in [1.54, 1.807) is 41.3 Å². The predicted molar refractivity (Wildman–Crippen MR) is 86.4 cm³/mol. The van der Waals surface area contributed by atoms with Crippen LogP contribution in [0.3, 0.4) is 0 Å². The molecule has 0 N–H and O–H groups in total. The number of amides is 1. The van der Waals surface area contributed by atoms with Gasteiger partial charge >= 0.3 is 0 Å². The number of benzene rings is 1. The van der Waals surface area contributed by atoms with Crippen LogP contribution in [0.4, 0.5) is 0 Å². The fourth-order valence-corrected chi connectivity index (χ4v) is 4.79. The summed E-state index contributed by atoms with van der Waals surface area (Å²) in [5, 5.41) is 3.28. The van der Waals surface area contributed by atoms with Crippen LogP contribution in [0.1, 0.15) is 41.4 Å². The first kappa shape index (κ1) is 15.4. The van der Waals surface area contributed by atoms with Crippen LogP contribution >= 0.6 is 0 Å². The van der Waals surface area contributed by atoms with Crippen LogP contribution < -0.4 is 0 Å². The van der Waals surface area contributed by atoms with E-state index in [1.165, 1.54) is 0 Å². The third-order valence-electron chi connectivity index (χ3n) is 4.67. The van der Waals surface area contributed by atoms with Crippen LogP contribution in [0, 0.1) is 0 Å². The van der Waals surface area contributed by atoms with Crippen LogP contribution in [0.5, 0.6) is 0 Å². The van der Waals surface area contributed by atoms with E-state index in [2.05, 4.69) is 5.16 Å². The predicted octanol–water partition coefficient (Wildman–Crippen LogP) is 2.24. The highest BCUT2D eigenvalue weighted by Gasteiger charge is 2.37. The molecule has 0 unspecified atom stereocenters. The molecule has 2 fully saturated rings. The third kappa shape index (κ3) is 2.73. The van der Waals surface area contributed by atoms with Crippen molar-refractivity contribution < 1.29 is 17.7 Å². The lowest BCUT2D eigenvalue weighted by Crippen LogP contribution is -2.32. The Kier molecular flexibility index (Phi) is 3.68. The summed E-state index contributed by atoms with van der Waals surface area (Å²) in [6.45, 7) is 0.614. The van der Waals surface area contributed by atoms with Crippen molar-refractivity contribution >= 4 is 15.7 Å². The fraction of sp³-hybridized carbons (Fsp3) is 0.412. The molecule has 1 amide bonds. The lowest BCUT2D eigenvalue weighted by atomic mass is 10.2. The number of aromatic nitrogens is 1. The topological polar surface area (TPSA) is 80.5 Å². The summed E-state index contributed by atoms with van der Waals surface area (Å²) in [4.78, 5) is 14.4. The lowest BCUT2D eigenvalue weighted by molar-refractivity contribution is 0.0783. The van der Waals surface area contributed by atoms with Gasteiger partial charge in [-0.3, -0.25) is 4.79 Å². The zero-order valence-corrected chi connectivity index (χ0v) is 13.9. The highest BCUT2D eigenvalue weighted by molar-refractivity contribution is 7.92. The lowest BCUT2D eigenvalue weighted by Gasteiger charge is -2.15. The number of nitrogens with zero attached hydrogens (tertiary/aromatic N) is 2. The quantitative estimate of drug-likeness (QED) is 0.848. The Bertz CT molecular complexity index is 856. The monoisotopic (exact) mass is 346 g/mol. The van der Waals surface area contributed by atoms with E-state index in [-0.39, 0.29) is 18.1 Å². The smallest absolute Gasteiger partial charge is 0.276 e. The van der Waals surface area contributed by atoms with Crippen molar-refractivity contribution in [3.05, 3.63) is 47.9 Å². The van der Waals surface area contributed by atoms with Gasteiger partial charge in [0.2, 0.25) is 0 Å². The molecule has 1 saturated heterocycles. The second-order valence-corrected chi connectivity index (χ2v) is 8.64. The number of carbonyl (C=O) groups excluding carboxylic acids is 1. The molecule has 1 atom stereocenters. The Morgan fingerprint density at radius 3 is 2.62 bits per heavy atom. The first-order valence-corrected chi connectivity index (χ1v) is 9.65. The zero-order valence-electron chi connectivity index (χ0n) is 13.1. The van der Waals surface area contributed by atoms with E-state index in [0.717, 1.165) is 18.6 Å². The molecule has 0 radical (unpaired) electrons. The molecule has 1 aromatic carbocycles. The van der Waals surface area contributed by atoms with Gasteiger partial charge in [0.15, 0.2) is 15.5 Å².